The maximum absolute atomic E-state index is 13.0. The third-order valence-corrected chi connectivity index (χ3v) is 2.25. The van der Waals surface area contributed by atoms with Crippen LogP contribution in [-0.4, -0.2) is 29.5 Å². The molecule has 1 aromatic rings. The van der Waals surface area contributed by atoms with Crippen LogP contribution in [0.3, 0.4) is 0 Å². The average Bonchev–Trinajstić information content (AvgIpc) is 2.19. The van der Waals surface area contributed by atoms with Gasteiger partial charge in [0, 0.05) is 12.7 Å². The summed E-state index contributed by atoms with van der Waals surface area (Å²) in [7, 11) is 0. The maximum Gasteiger partial charge on any atom is 0.151 e. The summed E-state index contributed by atoms with van der Waals surface area (Å²) < 4.78 is 13.0. The van der Waals surface area contributed by atoms with E-state index >= 15 is 0 Å². The molecule has 0 radical (unpaired) electrons. The van der Waals surface area contributed by atoms with Gasteiger partial charge in [-0.15, -0.1) is 5.10 Å². The molecule has 70 valence electrons. The van der Waals surface area contributed by atoms with E-state index in [1.54, 1.807) is 6.20 Å². The van der Waals surface area contributed by atoms with Crippen molar-refractivity contribution in [3.05, 3.63) is 18.3 Å². The number of hydrogen-bond donors (Lipinski definition) is 0. The Balaban J connectivity index is 2.08. The molecule has 1 unspecified atom stereocenters. The predicted octanol–water partition coefficient (Wildman–Crippen LogP) is 1.41. The van der Waals surface area contributed by atoms with Gasteiger partial charge in [-0.05, 0) is 25.0 Å². The summed E-state index contributed by atoms with van der Waals surface area (Å²) >= 11 is 0. The molecule has 1 aliphatic heterocycles. The Morgan fingerprint density at radius 2 is 2.46 bits per heavy atom. The van der Waals surface area contributed by atoms with Crippen molar-refractivity contribution in [3.63, 3.8) is 0 Å². The van der Waals surface area contributed by atoms with Crippen molar-refractivity contribution in [2.24, 2.45) is 0 Å². The summed E-state index contributed by atoms with van der Waals surface area (Å²) in [5, 5.41) is 7.72. The average molecular weight is 181 g/mol. The molecule has 1 aromatic heterocycles. The molecule has 13 heavy (non-hydrogen) atoms. The normalized spacial score (nSPS) is 23.2. The van der Waals surface area contributed by atoms with Gasteiger partial charge in [0.05, 0.1) is 6.54 Å². The van der Waals surface area contributed by atoms with E-state index in [4.69, 9.17) is 0 Å². The molecule has 0 aromatic carbocycles. The molecular formula is C9H12FN3. The van der Waals surface area contributed by atoms with Crippen LogP contribution in [-0.2, 0) is 0 Å². The zero-order valence-electron chi connectivity index (χ0n) is 7.36. The highest BCUT2D eigenvalue weighted by atomic mass is 19.1. The first-order valence-corrected chi connectivity index (χ1v) is 4.53. The number of anilines is 1. The number of halogens is 1. The molecule has 1 atom stereocenters. The first kappa shape index (κ1) is 8.41. The second kappa shape index (κ2) is 3.68. The Morgan fingerprint density at radius 3 is 3.15 bits per heavy atom. The van der Waals surface area contributed by atoms with E-state index in [9.17, 15) is 4.39 Å². The van der Waals surface area contributed by atoms with E-state index in [2.05, 4.69) is 10.2 Å². The van der Waals surface area contributed by atoms with Gasteiger partial charge in [0.15, 0.2) is 5.82 Å². The van der Waals surface area contributed by atoms with Crippen LogP contribution in [0.4, 0.5) is 10.2 Å². The Kier molecular flexibility index (Phi) is 2.38. The number of alkyl halides is 1. The summed E-state index contributed by atoms with van der Waals surface area (Å²) in [6, 6.07) is 3.69. The fraction of sp³-hybridized carbons (Fsp3) is 0.556. The highest BCUT2D eigenvalue weighted by Gasteiger charge is 2.19. The first-order valence-electron chi connectivity index (χ1n) is 4.53. The third-order valence-electron chi connectivity index (χ3n) is 2.25. The minimum absolute atomic E-state index is 0.457. The molecule has 0 saturated carbocycles. The van der Waals surface area contributed by atoms with Crippen LogP contribution in [0.15, 0.2) is 18.3 Å². The molecule has 1 fully saturated rings. The number of piperidine rings is 1. The van der Waals surface area contributed by atoms with Gasteiger partial charge in [0.2, 0.25) is 0 Å². The minimum Gasteiger partial charge on any atom is -0.352 e. The van der Waals surface area contributed by atoms with Gasteiger partial charge < -0.3 is 4.90 Å². The van der Waals surface area contributed by atoms with Crippen molar-refractivity contribution in [2.45, 2.75) is 19.0 Å². The molecule has 1 aliphatic rings. The highest BCUT2D eigenvalue weighted by molar-refractivity contribution is 5.36. The zero-order valence-corrected chi connectivity index (χ0v) is 7.36. The van der Waals surface area contributed by atoms with E-state index in [-0.39, 0.29) is 0 Å². The maximum atomic E-state index is 13.0. The fourth-order valence-electron chi connectivity index (χ4n) is 1.60. The summed E-state index contributed by atoms with van der Waals surface area (Å²) in [6.07, 6.45) is 2.49. The Morgan fingerprint density at radius 1 is 1.54 bits per heavy atom. The fourth-order valence-corrected chi connectivity index (χ4v) is 1.60. The largest absolute Gasteiger partial charge is 0.352 e. The quantitative estimate of drug-likeness (QED) is 0.656. The Hall–Kier alpha value is -1.19. The lowest BCUT2D eigenvalue weighted by atomic mass is 10.1. The Labute approximate surface area is 76.6 Å². The van der Waals surface area contributed by atoms with Gasteiger partial charge in [-0.1, -0.05) is 0 Å². The van der Waals surface area contributed by atoms with E-state index in [0.717, 1.165) is 18.8 Å². The van der Waals surface area contributed by atoms with Crippen LogP contribution < -0.4 is 4.90 Å². The van der Waals surface area contributed by atoms with Crippen molar-refractivity contribution < 1.29 is 4.39 Å². The van der Waals surface area contributed by atoms with Gasteiger partial charge in [-0.3, -0.25) is 0 Å². The molecule has 3 nitrogen and oxygen atoms in total. The monoisotopic (exact) mass is 181 g/mol. The van der Waals surface area contributed by atoms with Crippen LogP contribution in [0.2, 0.25) is 0 Å². The van der Waals surface area contributed by atoms with Crippen molar-refractivity contribution in [2.75, 3.05) is 18.0 Å². The number of aromatic nitrogens is 2. The van der Waals surface area contributed by atoms with E-state index in [1.807, 2.05) is 17.0 Å². The second-order valence-electron chi connectivity index (χ2n) is 3.27. The smallest absolute Gasteiger partial charge is 0.151 e. The molecule has 2 rings (SSSR count). The van der Waals surface area contributed by atoms with Crippen LogP contribution in [0.1, 0.15) is 12.8 Å². The van der Waals surface area contributed by atoms with Gasteiger partial charge >= 0.3 is 0 Å². The van der Waals surface area contributed by atoms with E-state index in [0.29, 0.717) is 13.0 Å². The summed E-state index contributed by atoms with van der Waals surface area (Å²) in [6.45, 7) is 1.35. The standard InChI is InChI=1S/C9H12FN3/c10-8-3-2-6-13(7-8)9-4-1-5-11-12-9/h1,4-5,8H,2-3,6-7H2. The third kappa shape index (κ3) is 1.94. The first-order chi connectivity index (χ1) is 6.36. The Bertz CT molecular complexity index is 265. The SMILES string of the molecule is FC1CCCN(c2cccnn2)C1. The molecule has 0 N–H and O–H groups in total. The molecule has 4 heteroatoms. The molecule has 1 saturated heterocycles. The van der Waals surface area contributed by atoms with Crippen LogP contribution in [0.5, 0.6) is 0 Å². The van der Waals surface area contributed by atoms with E-state index < -0.39 is 6.17 Å². The molecular weight excluding hydrogens is 169 g/mol. The molecule has 2 heterocycles. The number of rotatable bonds is 1. The van der Waals surface area contributed by atoms with Crippen molar-refractivity contribution in [1.82, 2.24) is 10.2 Å². The molecule has 0 amide bonds. The molecule has 0 spiro atoms. The van der Waals surface area contributed by atoms with Crippen LogP contribution in [0, 0.1) is 0 Å². The lowest BCUT2D eigenvalue weighted by Gasteiger charge is -2.29. The number of hydrogen-bond acceptors (Lipinski definition) is 3. The van der Waals surface area contributed by atoms with E-state index in [1.165, 1.54) is 0 Å². The van der Waals surface area contributed by atoms with Gasteiger partial charge in [0.1, 0.15) is 6.17 Å². The number of nitrogens with zero attached hydrogens (tertiary/aromatic N) is 3. The topological polar surface area (TPSA) is 29.0 Å². The van der Waals surface area contributed by atoms with Crippen molar-refractivity contribution >= 4 is 5.82 Å². The van der Waals surface area contributed by atoms with Crippen LogP contribution >= 0.6 is 0 Å². The van der Waals surface area contributed by atoms with Gasteiger partial charge in [-0.2, -0.15) is 5.10 Å². The molecule has 0 aliphatic carbocycles. The lowest BCUT2D eigenvalue weighted by Crippen LogP contribution is -2.36. The van der Waals surface area contributed by atoms with Crippen molar-refractivity contribution in [3.8, 4) is 0 Å². The van der Waals surface area contributed by atoms with Crippen molar-refractivity contribution in [1.29, 1.82) is 0 Å². The second-order valence-corrected chi connectivity index (χ2v) is 3.27. The zero-order chi connectivity index (χ0) is 9.10. The summed E-state index contributed by atoms with van der Waals surface area (Å²) in [4.78, 5) is 1.95. The summed E-state index contributed by atoms with van der Waals surface area (Å²) in [5.41, 5.74) is 0. The lowest BCUT2D eigenvalue weighted by molar-refractivity contribution is 0.286. The highest BCUT2D eigenvalue weighted by Crippen LogP contribution is 2.17. The minimum atomic E-state index is -0.712. The predicted molar refractivity (Wildman–Crippen MR) is 48.4 cm³/mol. The van der Waals surface area contributed by atoms with Gasteiger partial charge in [-0.25, -0.2) is 4.39 Å². The van der Waals surface area contributed by atoms with Gasteiger partial charge in [0.25, 0.3) is 0 Å². The van der Waals surface area contributed by atoms with Crippen LogP contribution in [0.25, 0.3) is 0 Å². The summed E-state index contributed by atoms with van der Waals surface area (Å²) in [5.74, 6) is 0.782. The molecule has 0 bridgehead atoms.